The van der Waals surface area contributed by atoms with Gasteiger partial charge in [0.05, 0.1) is 9.77 Å². The highest BCUT2D eigenvalue weighted by atomic mass is 35.7. The molecule has 0 aliphatic heterocycles. The molecule has 0 saturated heterocycles. The normalized spacial score (nSPS) is 16.4. The molecule has 2 rings (SSSR count). The lowest BCUT2D eigenvalue weighted by Crippen LogP contribution is -2.44. The molecule has 1 aromatic rings. The van der Waals surface area contributed by atoms with Gasteiger partial charge in [0, 0.05) is 21.1 Å². The van der Waals surface area contributed by atoms with E-state index < -0.39 is 9.05 Å². The van der Waals surface area contributed by atoms with Crippen LogP contribution in [0.3, 0.4) is 0 Å². The van der Waals surface area contributed by atoms with Gasteiger partial charge in [-0.05, 0) is 45.6 Å². The van der Waals surface area contributed by atoms with E-state index in [-0.39, 0.29) is 16.3 Å². The summed E-state index contributed by atoms with van der Waals surface area (Å²) in [6.07, 6.45) is 2.25. The Balaban J connectivity index is 2.21. The second kappa shape index (κ2) is 4.75. The molecule has 0 unspecified atom stereocenters. The van der Waals surface area contributed by atoms with Crippen LogP contribution in [0, 0.1) is 12.8 Å². The summed E-state index contributed by atoms with van der Waals surface area (Å²) in [4.78, 5) is 13.1. The van der Waals surface area contributed by atoms with E-state index in [9.17, 15) is 13.2 Å². The van der Waals surface area contributed by atoms with Crippen molar-refractivity contribution in [2.45, 2.75) is 44.0 Å². The van der Waals surface area contributed by atoms with Crippen molar-refractivity contribution >= 4 is 37.0 Å². The molecule has 1 saturated carbocycles. The predicted molar refractivity (Wildman–Crippen MR) is 76.4 cm³/mol. The molecule has 0 aromatic carbocycles. The van der Waals surface area contributed by atoms with Crippen molar-refractivity contribution in [2.24, 2.45) is 5.92 Å². The molecule has 4 nitrogen and oxygen atoms in total. The molecule has 7 heteroatoms. The Morgan fingerprint density at radius 2 is 2.05 bits per heavy atom. The maximum absolute atomic E-state index is 12.1. The highest BCUT2D eigenvalue weighted by Crippen LogP contribution is 2.39. The van der Waals surface area contributed by atoms with Gasteiger partial charge in [-0.2, -0.15) is 0 Å². The summed E-state index contributed by atoms with van der Waals surface area (Å²) < 4.78 is 22.7. The van der Waals surface area contributed by atoms with Crippen molar-refractivity contribution < 1.29 is 13.2 Å². The Bertz CT molecular complexity index is 615. The maximum atomic E-state index is 12.1. The van der Waals surface area contributed by atoms with Crippen LogP contribution in [0.2, 0.25) is 0 Å². The van der Waals surface area contributed by atoms with E-state index in [0.29, 0.717) is 15.7 Å². The molecular weight excluding hydrogens is 306 g/mol. The van der Waals surface area contributed by atoms with Crippen LogP contribution in [0.1, 0.15) is 41.2 Å². The molecule has 0 spiro atoms. The molecule has 1 aliphatic carbocycles. The number of carbonyl (C=O) groups is 1. The summed E-state index contributed by atoms with van der Waals surface area (Å²) in [6.45, 7) is 5.62. The first kappa shape index (κ1) is 14.8. The van der Waals surface area contributed by atoms with Gasteiger partial charge in [-0.1, -0.05) is 0 Å². The molecule has 1 heterocycles. The van der Waals surface area contributed by atoms with E-state index in [4.69, 9.17) is 10.7 Å². The van der Waals surface area contributed by atoms with E-state index in [1.807, 2.05) is 13.8 Å². The number of hydrogen-bond acceptors (Lipinski definition) is 4. The van der Waals surface area contributed by atoms with E-state index in [0.717, 1.165) is 24.2 Å². The van der Waals surface area contributed by atoms with Gasteiger partial charge in [0.25, 0.3) is 15.0 Å². The maximum Gasteiger partial charge on any atom is 0.262 e. The van der Waals surface area contributed by atoms with Crippen molar-refractivity contribution in [3.63, 3.8) is 0 Å². The van der Waals surface area contributed by atoms with Crippen LogP contribution in [0.25, 0.3) is 0 Å². The van der Waals surface area contributed by atoms with Gasteiger partial charge >= 0.3 is 0 Å². The zero-order valence-corrected chi connectivity index (χ0v) is 13.4. The largest absolute Gasteiger partial charge is 0.346 e. The van der Waals surface area contributed by atoms with E-state index in [2.05, 4.69) is 5.32 Å². The molecule has 19 heavy (non-hydrogen) atoms. The van der Waals surface area contributed by atoms with Crippen LogP contribution in [0.4, 0.5) is 0 Å². The summed E-state index contributed by atoms with van der Waals surface area (Å²) in [5.41, 5.74) is -0.255. The number of thiophene rings is 1. The van der Waals surface area contributed by atoms with Gasteiger partial charge in [-0.3, -0.25) is 4.79 Å². The summed E-state index contributed by atoms with van der Waals surface area (Å²) in [7, 11) is 1.53. The fourth-order valence-electron chi connectivity index (χ4n) is 2.08. The highest BCUT2D eigenvalue weighted by Gasteiger charge is 2.39. The van der Waals surface area contributed by atoms with Gasteiger partial charge in [0.15, 0.2) is 0 Å². The average molecular weight is 322 g/mol. The van der Waals surface area contributed by atoms with Crippen LogP contribution >= 0.6 is 22.0 Å². The first-order valence-corrected chi connectivity index (χ1v) is 9.11. The van der Waals surface area contributed by atoms with Gasteiger partial charge in [-0.15, -0.1) is 11.3 Å². The zero-order valence-electron chi connectivity index (χ0n) is 11.0. The van der Waals surface area contributed by atoms with E-state index in [1.54, 1.807) is 6.92 Å². The second-order valence-corrected chi connectivity index (χ2v) is 9.21. The van der Waals surface area contributed by atoms with Crippen molar-refractivity contribution in [3.05, 3.63) is 15.8 Å². The molecule has 1 aromatic heterocycles. The fraction of sp³-hybridized carbons (Fsp3) is 0.583. The minimum absolute atomic E-state index is 0.0218. The third-order valence-corrected chi connectivity index (χ3v) is 6.02. The molecule has 1 amide bonds. The third-order valence-electron chi connectivity index (χ3n) is 3.39. The third kappa shape index (κ3) is 3.30. The number of amides is 1. The van der Waals surface area contributed by atoms with Crippen molar-refractivity contribution in [2.75, 3.05) is 0 Å². The molecule has 0 radical (unpaired) electrons. The number of hydrogen-bond donors (Lipinski definition) is 1. The number of rotatable bonds is 4. The monoisotopic (exact) mass is 321 g/mol. The quantitative estimate of drug-likeness (QED) is 0.867. The van der Waals surface area contributed by atoms with Gasteiger partial charge in [-0.25, -0.2) is 8.42 Å². The summed E-state index contributed by atoms with van der Waals surface area (Å²) in [5.74, 6) is 0.269. The van der Waals surface area contributed by atoms with E-state index in [1.165, 1.54) is 6.07 Å². The number of carbonyl (C=O) groups excluding carboxylic acids is 1. The molecule has 0 bridgehead atoms. The summed E-state index contributed by atoms with van der Waals surface area (Å²) in [6, 6.07) is 1.35. The Labute approximate surface area is 121 Å². The molecule has 1 N–H and O–H groups in total. The lowest BCUT2D eigenvalue weighted by atomic mass is 9.99. The van der Waals surface area contributed by atoms with Crippen LogP contribution in [-0.4, -0.2) is 19.9 Å². The fourth-order valence-corrected chi connectivity index (χ4v) is 4.64. The molecule has 106 valence electrons. The minimum atomic E-state index is -3.79. The summed E-state index contributed by atoms with van der Waals surface area (Å²) >= 11 is 1.15. The second-order valence-electron chi connectivity index (χ2n) is 5.42. The predicted octanol–water partition coefficient (Wildman–Crippen LogP) is 2.90. The van der Waals surface area contributed by atoms with Gasteiger partial charge < -0.3 is 5.32 Å². The van der Waals surface area contributed by atoms with Gasteiger partial charge in [0.1, 0.15) is 0 Å². The van der Waals surface area contributed by atoms with Crippen LogP contribution in [0.5, 0.6) is 0 Å². The topological polar surface area (TPSA) is 63.2 Å². The average Bonchev–Trinajstić information content (AvgIpc) is 3.00. The van der Waals surface area contributed by atoms with Crippen LogP contribution in [0.15, 0.2) is 11.0 Å². The SMILES string of the molecule is Cc1sc(C(=O)NC(C)(C)C2CC2)cc1S(=O)(=O)Cl. The Hall–Kier alpha value is -0.590. The number of nitrogens with one attached hydrogen (secondary N) is 1. The molecule has 0 atom stereocenters. The number of aryl methyl sites for hydroxylation is 1. The Morgan fingerprint density at radius 3 is 2.47 bits per heavy atom. The first-order valence-electron chi connectivity index (χ1n) is 5.99. The lowest BCUT2D eigenvalue weighted by Gasteiger charge is -2.25. The standard InChI is InChI=1S/C12H16ClNO3S2/c1-7-10(19(13,16)17)6-9(18-7)11(15)14-12(2,3)8-4-5-8/h6,8H,4-5H2,1-3H3,(H,14,15). The molecular formula is C12H16ClNO3S2. The Morgan fingerprint density at radius 1 is 1.47 bits per heavy atom. The number of halogens is 1. The zero-order chi connectivity index (χ0) is 14.4. The minimum Gasteiger partial charge on any atom is -0.346 e. The van der Waals surface area contributed by atoms with Crippen LogP contribution < -0.4 is 5.32 Å². The van der Waals surface area contributed by atoms with Crippen molar-refractivity contribution in [1.29, 1.82) is 0 Å². The Kier molecular flexibility index (Phi) is 3.70. The van der Waals surface area contributed by atoms with Crippen molar-refractivity contribution in [1.82, 2.24) is 5.32 Å². The summed E-state index contributed by atoms with van der Waals surface area (Å²) in [5, 5.41) is 2.96. The molecule has 1 fully saturated rings. The first-order chi connectivity index (χ1) is 8.61. The van der Waals surface area contributed by atoms with Gasteiger partial charge in [0.2, 0.25) is 0 Å². The smallest absolute Gasteiger partial charge is 0.262 e. The van der Waals surface area contributed by atoms with E-state index >= 15 is 0 Å². The molecule has 1 aliphatic rings. The van der Waals surface area contributed by atoms with Crippen LogP contribution in [-0.2, 0) is 9.05 Å². The van der Waals surface area contributed by atoms with Crippen molar-refractivity contribution in [3.8, 4) is 0 Å². The highest BCUT2D eigenvalue weighted by molar-refractivity contribution is 8.13. The lowest BCUT2D eigenvalue weighted by molar-refractivity contribution is 0.0907.